The predicted molar refractivity (Wildman–Crippen MR) is 136 cm³/mol. The molecule has 1 aliphatic heterocycles. The highest BCUT2D eigenvalue weighted by Gasteiger charge is 2.36. The summed E-state index contributed by atoms with van der Waals surface area (Å²) in [5.41, 5.74) is 1.06. The number of thioether (sulfide) groups is 1. The van der Waals surface area contributed by atoms with Gasteiger partial charge in [0.25, 0.3) is 11.1 Å². The average Bonchev–Trinajstić information content (AvgIpc) is 3.10. The van der Waals surface area contributed by atoms with Crippen molar-refractivity contribution in [3.8, 4) is 5.75 Å². The number of nitrogens with zero attached hydrogens (tertiary/aromatic N) is 1. The molecular weight excluding hydrogens is 492 g/mol. The van der Waals surface area contributed by atoms with Crippen LogP contribution in [0, 0.1) is 0 Å². The molecule has 2 aromatic carbocycles. The topological polar surface area (TPSA) is 102 Å². The van der Waals surface area contributed by atoms with Gasteiger partial charge in [-0.25, -0.2) is 4.79 Å². The number of benzene rings is 2. The molecule has 0 aliphatic carbocycles. The summed E-state index contributed by atoms with van der Waals surface area (Å²) in [6.45, 7) is 4.14. The minimum Gasteiger partial charge on any atom is -0.493 e. The van der Waals surface area contributed by atoms with Crippen molar-refractivity contribution < 1.29 is 28.7 Å². The zero-order valence-corrected chi connectivity index (χ0v) is 20.9. The first-order valence-corrected chi connectivity index (χ1v) is 12.3. The van der Waals surface area contributed by atoms with E-state index in [-0.39, 0.29) is 27.8 Å². The third kappa shape index (κ3) is 6.86. The van der Waals surface area contributed by atoms with Crippen molar-refractivity contribution >= 4 is 58.1 Å². The highest BCUT2D eigenvalue weighted by Crippen LogP contribution is 2.34. The van der Waals surface area contributed by atoms with Crippen LogP contribution in [0.2, 0.25) is 5.02 Å². The number of hydrogen-bond donors (Lipinski definition) is 1. The van der Waals surface area contributed by atoms with Crippen LogP contribution >= 0.6 is 23.4 Å². The van der Waals surface area contributed by atoms with Gasteiger partial charge in [0.1, 0.15) is 12.3 Å². The van der Waals surface area contributed by atoms with Gasteiger partial charge in [-0.05, 0) is 54.9 Å². The minimum absolute atomic E-state index is 0.107. The molecule has 0 spiro atoms. The van der Waals surface area contributed by atoms with Crippen molar-refractivity contribution in [3.63, 3.8) is 0 Å². The van der Waals surface area contributed by atoms with E-state index in [2.05, 4.69) is 5.32 Å². The lowest BCUT2D eigenvalue weighted by atomic mass is 10.2. The number of halogens is 1. The Bertz CT molecular complexity index is 1170. The van der Waals surface area contributed by atoms with Gasteiger partial charge in [-0.3, -0.25) is 19.3 Å². The quantitative estimate of drug-likeness (QED) is 0.334. The Morgan fingerprint density at radius 3 is 2.57 bits per heavy atom. The number of anilines is 1. The molecule has 1 heterocycles. The summed E-state index contributed by atoms with van der Waals surface area (Å²) >= 11 is 6.83. The molecule has 2 aromatic rings. The van der Waals surface area contributed by atoms with Crippen LogP contribution in [0.5, 0.6) is 5.75 Å². The summed E-state index contributed by atoms with van der Waals surface area (Å²) in [7, 11) is 0. The average molecular weight is 517 g/mol. The Morgan fingerprint density at radius 1 is 1.09 bits per heavy atom. The second kappa shape index (κ2) is 12.4. The van der Waals surface area contributed by atoms with Crippen LogP contribution < -0.4 is 10.1 Å². The van der Waals surface area contributed by atoms with Crippen LogP contribution in [0.15, 0.2) is 47.4 Å². The summed E-state index contributed by atoms with van der Waals surface area (Å²) in [5.74, 6) is -1.17. The summed E-state index contributed by atoms with van der Waals surface area (Å²) in [5, 5.41) is 2.22. The van der Waals surface area contributed by atoms with Crippen molar-refractivity contribution in [1.82, 2.24) is 4.90 Å². The number of carbonyl (C=O) groups excluding carboxylic acids is 4. The molecule has 1 saturated heterocycles. The number of carbonyl (C=O) groups is 4. The fourth-order valence-electron chi connectivity index (χ4n) is 3.10. The van der Waals surface area contributed by atoms with Gasteiger partial charge in [-0.2, -0.15) is 0 Å². The normalized spacial score (nSPS) is 14.4. The van der Waals surface area contributed by atoms with Crippen molar-refractivity contribution in [2.24, 2.45) is 0 Å². The third-order valence-corrected chi connectivity index (χ3v) is 5.99. The largest absolute Gasteiger partial charge is 0.493 e. The maximum absolute atomic E-state index is 12.8. The van der Waals surface area contributed by atoms with E-state index >= 15 is 0 Å². The monoisotopic (exact) mass is 516 g/mol. The molecule has 184 valence electrons. The minimum atomic E-state index is -0.604. The van der Waals surface area contributed by atoms with E-state index in [1.807, 2.05) is 19.9 Å². The Hall–Kier alpha value is -3.30. The fraction of sp³-hybridized carbons (Fsp3) is 0.280. The Labute approximate surface area is 212 Å². The van der Waals surface area contributed by atoms with Crippen molar-refractivity contribution in [2.45, 2.75) is 26.7 Å². The van der Waals surface area contributed by atoms with Crippen LogP contribution in [0.3, 0.4) is 0 Å². The van der Waals surface area contributed by atoms with E-state index < -0.39 is 29.6 Å². The maximum Gasteiger partial charge on any atom is 0.339 e. The van der Waals surface area contributed by atoms with E-state index in [9.17, 15) is 19.2 Å². The molecule has 8 nitrogen and oxygen atoms in total. The van der Waals surface area contributed by atoms with Crippen LogP contribution in [0.25, 0.3) is 6.08 Å². The zero-order valence-electron chi connectivity index (χ0n) is 19.3. The van der Waals surface area contributed by atoms with Gasteiger partial charge in [0.15, 0.2) is 0 Å². The van der Waals surface area contributed by atoms with Crippen LogP contribution in [0.1, 0.15) is 42.6 Å². The van der Waals surface area contributed by atoms with Gasteiger partial charge in [0.05, 0.1) is 28.7 Å². The first-order chi connectivity index (χ1) is 16.8. The molecule has 0 atom stereocenters. The molecule has 3 rings (SSSR count). The molecule has 0 aromatic heterocycles. The SMILES string of the molecule is CCCOC(=O)c1cc(NC(=O)CN2C(=O)S/C(=C/c3ccccc3OCCC)C2=O)ccc1Cl. The number of rotatable bonds is 10. The number of imide groups is 1. The van der Waals surface area contributed by atoms with E-state index in [4.69, 9.17) is 21.1 Å². The molecule has 0 saturated carbocycles. The smallest absolute Gasteiger partial charge is 0.339 e. The Morgan fingerprint density at radius 2 is 1.83 bits per heavy atom. The Kier molecular flexibility index (Phi) is 9.33. The van der Waals surface area contributed by atoms with Crippen LogP contribution in [-0.2, 0) is 14.3 Å². The number of amides is 3. The first kappa shape index (κ1) is 26.3. The maximum atomic E-state index is 12.8. The van der Waals surface area contributed by atoms with Gasteiger partial charge in [0, 0.05) is 11.3 Å². The molecule has 0 unspecified atom stereocenters. The molecule has 0 radical (unpaired) electrons. The first-order valence-electron chi connectivity index (χ1n) is 11.1. The number of hydrogen-bond acceptors (Lipinski definition) is 7. The van der Waals surface area contributed by atoms with Gasteiger partial charge in [-0.15, -0.1) is 0 Å². The lowest BCUT2D eigenvalue weighted by Crippen LogP contribution is -2.36. The third-order valence-electron chi connectivity index (χ3n) is 4.75. The number of para-hydroxylation sites is 1. The number of nitrogens with one attached hydrogen (secondary N) is 1. The molecule has 1 N–H and O–H groups in total. The molecule has 10 heteroatoms. The summed E-state index contributed by atoms with van der Waals surface area (Å²) < 4.78 is 10.8. The second-order valence-corrected chi connectivity index (χ2v) is 8.93. The van der Waals surface area contributed by atoms with E-state index in [1.165, 1.54) is 18.2 Å². The molecule has 35 heavy (non-hydrogen) atoms. The predicted octanol–water partition coefficient (Wildman–Crippen LogP) is 5.37. The van der Waals surface area contributed by atoms with E-state index in [1.54, 1.807) is 24.3 Å². The molecule has 0 bridgehead atoms. The standard InChI is InChI=1S/C25H25ClN2O6S/c1-3-11-33-20-8-6-5-7-16(20)13-21-23(30)28(25(32)35-21)15-22(29)27-17-9-10-19(26)18(14-17)24(31)34-12-4-2/h5-10,13-14H,3-4,11-12,15H2,1-2H3,(H,27,29)/b21-13+. The number of esters is 1. The summed E-state index contributed by atoms with van der Waals surface area (Å²) in [6.07, 6.45) is 3.07. The molecular formula is C25H25ClN2O6S. The summed E-state index contributed by atoms with van der Waals surface area (Å²) in [4.78, 5) is 51.1. The van der Waals surface area contributed by atoms with Gasteiger partial charge >= 0.3 is 5.97 Å². The van der Waals surface area contributed by atoms with Crippen LogP contribution in [-0.4, -0.2) is 47.7 Å². The highest BCUT2D eigenvalue weighted by molar-refractivity contribution is 8.18. The zero-order chi connectivity index (χ0) is 25.4. The van der Waals surface area contributed by atoms with Gasteiger partial charge in [0.2, 0.25) is 5.91 Å². The van der Waals surface area contributed by atoms with Gasteiger partial charge < -0.3 is 14.8 Å². The number of ether oxygens (including phenoxy) is 2. The highest BCUT2D eigenvalue weighted by atomic mass is 35.5. The van der Waals surface area contributed by atoms with Crippen molar-refractivity contribution in [1.29, 1.82) is 0 Å². The second-order valence-electron chi connectivity index (χ2n) is 7.53. The lowest BCUT2D eigenvalue weighted by Gasteiger charge is -2.13. The van der Waals surface area contributed by atoms with Crippen molar-refractivity contribution in [2.75, 3.05) is 25.1 Å². The lowest BCUT2D eigenvalue weighted by molar-refractivity contribution is -0.127. The van der Waals surface area contributed by atoms with E-state index in [0.717, 1.165) is 23.1 Å². The molecule has 3 amide bonds. The van der Waals surface area contributed by atoms with E-state index in [0.29, 0.717) is 24.3 Å². The molecule has 1 fully saturated rings. The fourth-order valence-corrected chi connectivity index (χ4v) is 4.12. The summed E-state index contributed by atoms with van der Waals surface area (Å²) in [6, 6.07) is 11.6. The van der Waals surface area contributed by atoms with Gasteiger partial charge in [-0.1, -0.05) is 43.6 Å². The Balaban J connectivity index is 1.69. The van der Waals surface area contributed by atoms with Crippen LogP contribution in [0.4, 0.5) is 10.5 Å². The molecule has 1 aliphatic rings. The van der Waals surface area contributed by atoms with Crippen molar-refractivity contribution in [3.05, 3.63) is 63.5 Å².